The number of phosphoric ester groups is 1. The van der Waals surface area contributed by atoms with E-state index in [0.717, 1.165) is 16.7 Å². The third-order valence-corrected chi connectivity index (χ3v) is 7.40. The van der Waals surface area contributed by atoms with E-state index in [4.69, 9.17) is 25.0 Å². The number of imidazole rings is 1. The normalized spacial score (nSPS) is 13.5. The Balaban J connectivity index is 1.49. The molecule has 0 saturated carbocycles. The Labute approximate surface area is 217 Å². The average molecular weight is 566 g/mol. The fourth-order valence-corrected chi connectivity index (χ4v) is 5.26. The van der Waals surface area contributed by atoms with Gasteiger partial charge in [0.1, 0.15) is 0 Å². The second-order valence-electron chi connectivity index (χ2n) is 7.95. The molecule has 2 aromatic carbocycles. The molecule has 0 aliphatic heterocycles. The first-order valence-corrected chi connectivity index (χ1v) is 14.1. The number of ether oxygens (including phenoxy) is 2. The van der Waals surface area contributed by atoms with Crippen molar-refractivity contribution in [2.45, 2.75) is 13.3 Å². The van der Waals surface area contributed by atoms with E-state index in [9.17, 15) is 14.0 Å². The maximum Gasteiger partial charge on any atom is 0.481 e. The Bertz CT molecular complexity index is 1490. The summed E-state index contributed by atoms with van der Waals surface area (Å²) in [6, 6.07) is 18.1. The molecule has 4 aromatic rings. The summed E-state index contributed by atoms with van der Waals surface area (Å²) >= 11 is 0. The second kappa shape index (κ2) is 11.7. The molecule has 0 aliphatic rings. The van der Waals surface area contributed by atoms with E-state index >= 15 is 0 Å². The minimum Gasteiger partial charge on any atom is -0.478 e. The molecule has 2 heterocycles. The molecular formula is C22H26N5O9P2+. The first-order chi connectivity index (χ1) is 18.0. The van der Waals surface area contributed by atoms with Gasteiger partial charge in [-0.2, -0.15) is 9.29 Å². The molecule has 16 heteroatoms. The lowest BCUT2D eigenvalue weighted by atomic mass is 10.0. The number of anilines is 1. The molecule has 5 N–H and O–H groups in total. The van der Waals surface area contributed by atoms with Gasteiger partial charge in [0.15, 0.2) is 13.1 Å². The van der Waals surface area contributed by atoms with Gasteiger partial charge in [-0.3, -0.25) is 9.09 Å². The van der Waals surface area contributed by atoms with E-state index in [0.29, 0.717) is 17.7 Å². The molecule has 0 aliphatic carbocycles. The highest BCUT2D eigenvalue weighted by Crippen LogP contribution is 2.57. The van der Waals surface area contributed by atoms with Gasteiger partial charge in [0, 0.05) is 0 Å². The van der Waals surface area contributed by atoms with Crippen LogP contribution in [0.1, 0.15) is 5.56 Å². The van der Waals surface area contributed by atoms with Crippen LogP contribution in [0.2, 0.25) is 0 Å². The van der Waals surface area contributed by atoms with Crippen LogP contribution < -0.4 is 15.0 Å². The van der Waals surface area contributed by atoms with Crippen LogP contribution in [-0.2, 0) is 36.0 Å². The van der Waals surface area contributed by atoms with Crippen molar-refractivity contribution in [1.82, 2.24) is 14.5 Å². The van der Waals surface area contributed by atoms with Crippen LogP contribution in [0.3, 0.4) is 0 Å². The standard InChI is InChI=1S/C22H25N5O9P2/c1-33-21-19-20(24-22(23)25-21)27(15-34-11-12-35-38(31,32)36-37(28,29)30)14-26(19)13-16-7-9-18(10-8-16)17-5-3-2-4-6-17/h2-10,14H,11-13,15H2,1H3,(H4-,23,24,25,28,29,30,31,32)/p+1. The van der Waals surface area contributed by atoms with Gasteiger partial charge in [-0.25, -0.2) is 13.7 Å². The average Bonchev–Trinajstić information content (AvgIpc) is 3.19. The molecule has 0 radical (unpaired) electrons. The predicted octanol–water partition coefficient (Wildman–Crippen LogP) is 2.23. The van der Waals surface area contributed by atoms with Crippen LogP contribution in [0.4, 0.5) is 5.95 Å². The van der Waals surface area contributed by atoms with Gasteiger partial charge in [-0.05, 0) is 16.7 Å². The van der Waals surface area contributed by atoms with Gasteiger partial charge in [0.05, 0.1) is 26.9 Å². The van der Waals surface area contributed by atoms with Crippen LogP contribution in [0, 0.1) is 0 Å². The van der Waals surface area contributed by atoms with Crippen LogP contribution in [0.5, 0.6) is 5.88 Å². The highest BCUT2D eigenvalue weighted by atomic mass is 31.3. The Hall–Kier alpha value is -3.19. The summed E-state index contributed by atoms with van der Waals surface area (Å²) in [7, 11) is -8.68. The molecule has 0 fully saturated rings. The zero-order valence-electron chi connectivity index (χ0n) is 20.2. The van der Waals surface area contributed by atoms with Gasteiger partial charge in [-0.15, -0.1) is 0 Å². The van der Waals surface area contributed by atoms with Gasteiger partial charge in [0.2, 0.25) is 5.52 Å². The van der Waals surface area contributed by atoms with Crippen molar-refractivity contribution >= 4 is 32.8 Å². The van der Waals surface area contributed by atoms with Crippen LogP contribution in [-0.4, -0.2) is 49.5 Å². The molecule has 0 amide bonds. The lowest BCUT2D eigenvalue weighted by Crippen LogP contribution is -2.35. The summed E-state index contributed by atoms with van der Waals surface area (Å²) < 4.78 is 44.9. The van der Waals surface area contributed by atoms with Crippen molar-refractivity contribution in [2.24, 2.45) is 0 Å². The van der Waals surface area contributed by atoms with Crippen molar-refractivity contribution in [3.8, 4) is 17.0 Å². The maximum absolute atomic E-state index is 11.5. The molecule has 1 atom stereocenters. The molecule has 2 aromatic heterocycles. The zero-order valence-corrected chi connectivity index (χ0v) is 21.9. The fourth-order valence-electron chi connectivity index (χ4n) is 3.69. The molecule has 4 rings (SSSR count). The highest BCUT2D eigenvalue weighted by Gasteiger charge is 2.32. The van der Waals surface area contributed by atoms with Crippen LogP contribution >= 0.6 is 15.6 Å². The Morgan fingerprint density at radius 3 is 2.32 bits per heavy atom. The zero-order chi connectivity index (χ0) is 27.3. The quantitative estimate of drug-likeness (QED) is 0.111. The minimum atomic E-state index is -5.20. The SMILES string of the molecule is COc1nc(N)nc2c1n(Cc1ccc(-c3ccccc3)cc1)c[n+]2COCCOP(=O)(O)OP(=O)(O)O. The van der Waals surface area contributed by atoms with Crippen LogP contribution in [0.25, 0.3) is 22.3 Å². The molecule has 0 spiro atoms. The molecule has 38 heavy (non-hydrogen) atoms. The van der Waals surface area contributed by atoms with E-state index < -0.39 is 22.3 Å². The fraction of sp³-hybridized carbons (Fsp3) is 0.227. The lowest BCUT2D eigenvalue weighted by molar-refractivity contribution is -0.711. The molecule has 1 unspecified atom stereocenters. The predicted molar refractivity (Wildman–Crippen MR) is 135 cm³/mol. The summed E-state index contributed by atoms with van der Waals surface area (Å²) in [5.74, 6) is 0.262. The monoisotopic (exact) mass is 566 g/mol. The number of nitrogen functional groups attached to an aromatic ring is 1. The molecule has 0 saturated heterocycles. The van der Waals surface area contributed by atoms with Gasteiger partial charge in [0.25, 0.3) is 5.88 Å². The maximum atomic E-state index is 11.5. The number of hydrogen-bond acceptors (Lipinski definition) is 9. The summed E-state index contributed by atoms with van der Waals surface area (Å²) in [5, 5.41) is 0. The Kier molecular flexibility index (Phi) is 8.56. The number of nitrogens with two attached hydrogens (primary N) is 1. The van der Waals surface area contributed by atoms with E-state index in [1.165, 1.54) is 7.11 Å². The van der Waals surface area contributed by atoms with Crippen molar-refractivity contribution in [2.75, 3.05) is 26.1 Å². The van der Waals surface area contributed by atoms with Crippen molar-refractivity contribution in [3.63, 3.8) is 0 Å². The Morgan fingerprint density at radius 1 is 0.974 bits per heavy atom. The lowest BCUT2D eigenvalue weighted by Gasteiger charge is -2.12. The molecule has 0 bridgehead atoms. The van der Waals surface area contributed by atoms with Crippen molar-refractivity contribution < 1.29 is 46.7 Å². The van der Waals surface area contributed by atoms with E-state index in [-0.39, 0.29) is 25.2 Å². The second-order valence-corrected chi connectivity index (χ2v) is 10.8. The highest BCUT2D eigenvalue weighted by molar-refractivity contribution is 7.60. The number of fused-ring (bicyclic) bond motifs is 1. The van der Waals surface area contributed by atoms with Gasteiger partial charge >= 0.3 is 27.2 Å². The van der Waals surface area contributed by atoms with E-state index in [1.807, 2.05) is 59.2 Å². The number of hydrogen-bond donors (Lipinski definition) is 4. The number of rotatable bonds is 12. The van der Waals surface area contributed by atoms with Gasteiger partial charge < -0.3 is 29.9 Å². The summed E-state index contributed by atoms with van der Waals surface area (Å²) in [5.41, 5.74) is 10.1. The number of aromatic nitrogens is 4. The third kappa shape index (κ3) is 7.22. The van der Waals surface area contributed by atoms with E-state index in [2.05, 4.69) is 18.8 Å². The van der Waals surface area contributed by atoms with Gasteiger partial charge in [-0.1, -0.05) is 59.6 Å². The molecule has 202 valence electrons. The number of nitrogens with zero attached hydrogens (tertiary/aromatic N) is 4. The number of benzene rings is 2. The largest absolute Gasteiger partial charge is 0.481 e. The number of phosphoric acid groups is 2. The first-order valence-electron chi connectivity index (χ1n) is 11.1. The topological polar surface area (TPSA) is 192 Å². The van der Waals surface area contributed by atoms with Crippen molar-refractivity contribution in [1.29, 1.82) is 0 Å². The van der Waals surface area contributed by atoms with Crippen molar-refractivity contribution in [3.05, 3.63) is 66.5 Å². The number of methoxy groups -OCH3 is 1. The van der Waals surface area contributed by atoms with Crippen LogP contribution in [0.15, 0.2) is 60.9 Å². The summed E-state index contributed by atoms with van der Waals surface area (Å²) in [6.07, 6.45) is 1.74. The van der Waals surface area contributed by atoms with E-state index in [1.54, 1.807) is 10.9 Å². The smallest absolute Gasteiger partial charge is 0.478 e. The minimum absolute atomic E-state index is 0.00722. The molecular weight excluding hydrogens is 540 g/mol. The summed E-state index contributed by atoms with van der Waals surface area (Å²) in [4.78, 5) is 35.1. The first kappa shape index (κ1) is 27.8. The molecule has 14 nitrogen and oxygen atoms in total. The Morgan fingerprint density at radius 2 is 1.66 bits per heavy atom. The third-order valence-electron chi connectivity index (χ3n) is 5.22. The summed E-state index contributed by atoms with van der Waals surface area (Å²) in [6.45, 7) is -0.276.